The molecule has 0 aliphatic heterocycles. The molecule has 18 heavy (non-hydrogen) atoms. The Labute approximate surface area is 109 Å². The third-order valence-corrected chi connectivity index (χ3v) is 2.65. The van der Waals surface area contributed by atoms with Gasteiger partial charge in [0.1, 0.15) is 11.7 Å². The van der Waals surface area contributed by atoms with Gasteiger partial charge in [0.15, 0.2) is 0 Å². The number of esters is 1. The normalized spacial score (nSPS) is 14.1. The number of carbonyl (C=O) groups is 1. The lowest BCUT2D eigenvalue weighted by Crippen LogP contribution is -2.20. The molecular weight excluding hydrogens is 261 g/mol. The van der Waals surface area contributed by atoms with Crippen LogP contribution in [0.5, 0.6) is 0 Å². The van der Waals surface area contributed by atoms with Crippen LogP contribution < -0.4 is 0 Å². The highest BCUT2D eigenvalue weighted by Gasteiger charge is 2.21. The Morgan fingerprint density at radius 1 is 1.61 bits per heavy atom. The van der Waals surface area contributed by atoms with Crippen LogP contribution in [0.15, 0.2) is 12.3 Å². The Bertz CT molecular complexity index is 430. The predicted octanol–water partition coefficient (Wildman–Crippen LogP) is 0.721. The van der Waals surface area contributed by atoms with Crippen LogP contribution in [-0.4, -0.2) is 40.1 Å². The number of methoxy groups -OCH3 is 1. The molecule has 2 atom stereocenters. The van der Waals surface area contributed by atoms with Crippen molar-refractivity contribution >= 4 is 18.6 Å². The zero-order valence-corrected chi connectivity index (χ0v) is 10.6. The number of carbonyl (C=O) groups excluding carboxylic acids is 1. The molecule has 0 fully saturated rings. The van der Waals surface area contributed by atoms with Crippen LogP contribution in [0.25, 0.3) is 0 Å². The summed E-state index contributed by atoms with van der Waals surface area (Å²) in [6.07, 6.45) is -0.988. The summed E-state index contributed by atoms with van der Waals surface area (Å²) in [6, 6.07) is 1.11. The van der Waals surface area contributed by atoms with Gasteiger partial charge in [0.05, 0.1) is 13.2 Å². The van der Waals surface area contributed by atoms with E-state index in [1.165, 1.54) is 0 Å². The summed E-state index contributed by atoms with van der Waals surface area (Å²) in [5, 5.41) is 19.4. The number of halogens is 1. The summed E-state index contributed by atoms with van der Waals surface area (Å²) in [6.45, 7) is 0. The van der Waals surface area contributed by atoms with Gasteiger partial charge in [0, 0.05) is 11.8 Å². The Hall–Kier alpha value is -1.18. The first kappa shape index (κ1) is 14.9. The van der Waals surface area contributed by atoms with E-state index < -0.39 is 24.1 Å². The number of pyridine rings is 1. The number of hydrogen-bond donors (Lipinski definition) is 3. The standard InChI is InChI=1S/C11H14FNO4S/c1-17-11(16)7-4-6(5-13-10(7)12)9(15)8(14)2-3-18/h4-5,8-9,14-15,18H,2-3H2,1H3. The van der Waals surface area contributed by atoms with Crippen molar-refractivity contribution in [2.75, 3.05) is 12.9 Å². The fraction of sp³-hybridized carbons (Fsp3) is 0.455. The number of hydrogen-bond acceptors (Lipinski definition) is 6. The highest BCUT2D eigenvalue weighted by molar-refractivity contribution is 7.80. The second-order valence-electron chi connectivity index (χ2n) is 3.62. The van der Waals surface area contributed by atoms with Crippen LogP contribution in [0, 0.1) is 5.95 Å². The van der Waals surface area contributed by atoms with Crippen molar-refractivity contribution < 1.29 is 24.1 Å². The lowest BCUT2D eigenvalue weighted by Gasteiger charge is -2.17. The zero-order valence-electron chi connectivity index (χ0n) is 9.71. The van der Waals surface area contributed by atoms with Gasteiger partial charge in [0.25, 0.3) is 0 Å². The lowest BCUT2D eigenvalue weighted by molar-refractivity contribution is 0.0168. The van der Waals surface area contributed by atoms with Gasteiger partial charge in [0.2, 0.25) is 5.95 Å². The quantitative estimate of drug-likeness (QED) is 0.419. The van der Waals surface area contributed by atoms with Gasteiger partial charge in [-0.15, -0.1) is 0 Å². The minimum Gasteiger partial charge on any atom is -0.465 e. The molecule has 5 nitrogen and oxygen atoms in total. The average Bonchev–Trinajstić information content (AvgIpc) is 2.38. The molecule has 100 valence electrons. The molecular formula is C11H14FNO4S. The molecule has 2 N–H and O–H groups in total. The number of nitrogens with zero attached hydrogens (tertiary/aromatic N) is 1. The number of rotatable bonds is 5. The molecule has 1 heterocycles. The minimum atomic E-state index is -1.26. The van der Waals surface area contributed by atoms with E-state index in [0.29, 0.717) is 5.75 Å². The fourth-order valence-electron chi connectivity index (χ4n) is 1.39. The molecule has 0 saturated carbocycles. The summed E-state index contributed by atoms with van der Waals surface area (Å²) in [5.74, 6) is -1.49. The SMILES string of the molecule is COC(=O)c1cc(C(O)C(O)CCS)cnc1F. The molecule has 1 aromatic heterocycles. The minimum absolute atomic E-state index is 0.145. The third-order valence-electron chi connectivity index (χ3n) is 2.40. The van der Waals surface area contributed by atoms with E-state index in [1.54, 1.807) is 0 Å². The summed E-state index contributed by atoms with van der Waals surface area (Å²) in [5.41, 5.74) is -0.238. The van der Waals surface area contributed by atoms with Crippen molar-refractivity contribution in [2.24, 2.45) is 0 Å². The van der Waals surface area contributed by atoms with Crippen LogP contribution in [-0.2, 0) is 4.74 Å². The first-order valence-electron chi connectivity index (χ1n) is 5.22. The van der Waals surface area contributed by atoms with E-state index in [4.69, 9.17) is 0 Å². The number of aliphatic hydroxyl groups is 2. The van der Waals surface area contributed by atoms with E-state index in [-0.39, 0.29) is 17.5 Å². The molecule has 0 spiro atoms. The van der Waals surface area contributed by atoms with Gasteiger partial charge in [-0.2, -0.15) is 17.0 Å². The fourth-order valence-corrected chi connectivity index (χ4v) is 1.66. The Morgan fingerprint density at radius 2 is 2.28 bits per heavy atom. The van der Waals surface area contributed by atoms with Gasteiger partial charge in [-0.25, -0.2) is 9.78 Å². The molecule has 7 heteroatoms. The zero-order chi connectivity index (χ0) is 13.7. The first-order valence-corrected chi connectivity index (χ1v) is 5.85. The molecule has 0 amide bonds. The summed E-state index contributed by atoms with van der Waals surface area (Å²) in [7, 11) is 1.11. The van der Waals surface area contributed by atoms with Crippen LogP contribution in [0.3, 0.4) is 0 Å². The Morgan fingerprint density at radius 3 is 2.83 bits per heavy atom. The number of aliphatic hydroxyl groups excluding tert-OH is 2. The second-order valence-corrected chi connectivity index (χ2v) is 4.07. The molecule has 0 bridgehead atoms. The largest absolute Gasteiger partial charge is 0.465 e. The van der Waals surface area contributed by atoms with Crippen LogP contribution >= 0.6 is 12.6 Å². The molecule has 2 unspecified atom stereocenters. The van der Waals surface area contributed by atoms with E-state index >= 15 is 0 Å². The molecule has 1 rings (SSSR count). The first-order chi connectivity index (χ1) is 8.51. The lowest BCUT2D eigenvalue weighted by atomic mass is 10.0. The van der Waals surface area contributed by atoms with Crippen molar-refractivity contribution in [3.63, 3.8) is 0 Å². The molecule has 0 aromatic carbocycles. The predicted molar refractivity (Wildman–Crippen MR) is 65.0 cm³/mol. The van der Waals surface area contributed by atoms with Crippen LogP contribution in [0.4, 0.5) is 4.39 Å². The molecule has 0 saturated heterocycles. The van der Waals surface area contributed by atoms with Gasteiger partial charge < -0.3 is 14.9 Å². The van der Waals surface area contributed by atoms with Gasteiger partial charge in [-0.05, 0) is 18.2 Å². The van der Waals surface area contributed by atoms with Gasteiger partial charge in [-0.1, -0.05) is 0 Å². The topological polar surface area (TPSA) is 79.7 Å². The van der Waals surface area contributed by atoms with E-state index in [9.17, 15) is 19.4 Å². The maximum atomic E-state index is 13.3. The third kappa shape index (κ3) is 3.41. The number of ether oxygens (including phenoxy) is 1. The van der Waals surface area contributed by atoms with E-state index in [2.05, 4.69) is 22.3 Å². The van der Waals surface area contributed by atoms with Gasteiger partial charge >= 0.3 is 5.97 Å². The number of aromatic nitrogens is 1. The van der Waals surface area contributed by atoms with Crippen molar-refractivity contribution in [1.82, 2.24) is 4.98 Å². The van der Waals surface area contributed by atoms with E-state index in [0.717, 1.165) is 19.4 Å². The molecule has 0 aliphatic carbocycles. The average molecular weight is 275 g/mol. The van der Waals surface area contributed by atoms with Crippen molar-refractivity contribution in [2.45, 2.75) is 18.6 Å². The van der Waals surface area contributed by atoms with Crippen LogP contribution in [0.1, 0.15) is 28.4 Å². The monoisotopic (exact) mass is 275 g/mol. The smallest absolute Gasteiger partial charge is 0.342 e. The molecule has 1 aromatic rings. The second kappa shape index (κ2) is 6.67. The summed E-state index contributed by atoms with van der Waals surface area (Å²) in [4.78, 5) is 14.6. The molecule has 0 radical (unpaired) electrons. The van der Waals surface area contributed by atoms with Crippen molar-refractivity contribution in [3.8, 4) is 0 Å². The maximum absolute atomic E-state index is 13.3. The van der Waals surface area contributed by atoms with Crippen LogP contribution in [0.2, 0.25) is 0 Å². The number of thiol groups is 1. The highest BCUT2D eigenvalue weighted by Crippen LogP contribution is 2.21. The Balaban J connectivity index is 3.00. The maximum Gasteiger partial charge on any atom is 0.342 e. The van der Waals surface area contributed by atoms with Gasteiger partial charge in [-0.3, -0.25) is 0 Å². The Kier molecular flexibility index (Phi) is 5.52. The summed E-state index contributed by atoms with van der Waals surface area (Å²) < 4.78 is 17.6. The van der Waals surface area contributed by atoms with E-state index in [1.807, 2.05) is 0 Å². The molecule has 0 aliphatic rings. The summed E-state index contributed by atoms with van der Waals surface area (Å²) >= 11 is 3.93. The van der Waals surface area contributed by atoms with Crippen molar-refractivity contribution in [1.29, 1.82) is 0 Å². The van der Waals surface area contributed by atoms with Crippen molar-refractivity contribution in [3.05, 3.63) is 29.3 Å². The highest BCUT2D eigenvalue weighted by atomic mass is 32.1.